The van der Waals surface area contributed by atoms with Gasteiger partial charge in [-0.3, -0.25) is 0 Å². The SMILES string of the molecule is CCCC1c2ccc(-c3ccc(-c4ccc(-c5ccc(C(C)C)cc5)cc4)cc3)cc2-c2cc(-c3ccccc3)cc[n+]2C1(CC)CC. The standard InChI is InChI=1S/C47H48N/c1-6-12-45-43-28-27-41(31-44(43)46-32-42(35-13-10-9-11-14-35)29-30-48(46)47(45,7-2)8-3)40-25-23-39(24-26-40)38-21-19-37(20-22-38)36-17-15-34(16-18-36)33(4)5/h9-11,13-33,45H,6-8,12H2,1-5H3/q+1. The Balaban J connectivity index is 1.24. The quantitative estimate of drug-likeness (QED) is 0.141. The van der Waals surface area contributed by atoms with Gasteiger partial charge in [0, 0.05) is 30.9 Å². The van der Waals surface area contributed by atoms with Gasteiger partial charge in [0.25, 0.3) is 0 Å². The Kier molecular flexibility index (Phi) is 8.88. The fourth-order valence-corrected chi connectivity index (χ4v) is 8.19. The summed E-state index contributed by atoms with van der Waals surface area (Å²) in [7, 11) is 0. The maximum Gasteiger partial charge on any atom is 0.213 e. The fraction of sp³-hybridized carbons (Fsp3) is 0.255. The molecule has 5 aromatic carbocycles. The third-order valence-corrected chi connectivity index (χ3v) is 11.0. The molecular formula is C47H48N+. The Morgan fingerprint density at radius 3 is 1.54 bits per heavy atom. The van der Waals surface area contributed by atoms with E-state index in [1.807, 2.05) is 0 Å². The van der Waals surface area contributed by atoms with Crippen LogP contribution >= 0.6 is 0 Å². The lowest BCUT2D eigenvalue weighted by atomic mass is 9.68. The molecule has 1 aliphatic heterocycles. The van der Waals surface area contributed by atoms with E-state index >= 15 is 0 Å². The van der Waals surface area contributed by atoms with Crippen molar-refractivity contribution in [2.45, 2.75) is 77.7 Å². The smallest absolute Gasteiger partial charge is 0.192 e. The molecular weight excluding hydrogens is 579 g/mol. The minimum atomic E-state index is 0.0732. The number of hydrogen-bond acceptors (Lipinski definition) is 0. The molecule has 0 fully saturated rings. The van der Waals surface area contributed by atoms with Crippen molar-refractivity contribution in [1.82, 2.24) is 0 Å². The highest BCUT2D eigenvalue weighted by atomic mass is 15.1. The molecule has 1 aliphatic rings. The van der Waals surface area contributed by atoms with Gasteiger partial charge in [0.2, 0.25) is 5.69 Å². The molecule has 0 bridgehead atoms. The Hall–Kier alpha value is -4.75. The lowest BCUT2D eigenvalue weighted by molar-refractivity contribution is -0.762. The van der Waals surface area contributed by atoms with Gasteiger partial charge in [-0.05, 0) is 74.0 Å². The Morgan fingerprint density at radius 2 is 1.02 bits per heavy atom. The zero-order valence-electron chi connectivity index (χ0n) is 29.2. The van der Waals surface area contributed by atoms with E-state index in [2.05, 4.69) is 179 Å². The third-order valence-electron chi connectivity index (χ3n) is 11.0. The largest absolute Gasteiger partial charge is 0.213 e. The van der Waals surface area contributed by atoms with E-state index in [0.29, 0.717) is 11.8 Å². The Labute approximate surface area is 288 Å². The minimum absolute atomic E-state index is 0.0732. The third kappa shape index (κ3) is 5.70. The molecule has 240 valence electrons. The number of hydrogen-bond donors (Lipinski definition) is 0. The van der Waals surface area contributed by atoms with Gasteiger partial charge in [-0.1, -0.05) is 156 Å². The summed E-state index contributed by atoms with van der Waals surface area (Å²) >= 11 is 0. The second-order valence-corrected chi connectivity index (χ2v) is 13.9. The lowest BCUT2D eigenvalue weighted by Gasteiger charge is -2.40. The summed E-state index contributed by atoms with van der Waals surface area (Å²) in [6.45, 7) is 11.6. The Bertz CT molecular complexity index is 1990. The summed E-state index contributed by atoms with van der Waals surface area (Å²) < 4.78 is 2.64. The summed E-state index contributed by atoms with van der Waals surface area (Å²) in [5.74, 6) is 1.03. The first kappa shape index (κ1) is 31.8. The van der Waals surface area contributed by atoms with Gasteiger partial charge in [0.1, 0.15) is 0 Å². The van der Waals surface area contributed by atoms with Crippen LogP contribution in [0.25, 0.3) is 55.8 Å². The number of nitrogens with zero attached hydrogens (tertiary/aromatic N) is 1. The van der Waals surface area contributed by atoms with Gasteiger partial charge >= 0.3 is 0 Å². The topological polar surface area (TPSA) is 3.88 Å². The summed E-state index contributed by atoms with van der Waals surface area (Å²) in [4.78, 5) is 0. The molecule has 6 aromatic rings. The second-order valence-electron chi connectivity index (χ2n) is 13.9. The predicted octanol–water partition coefficient (Wildman–Crippen LogP) is 12.8. The minimum Gasteiger partial charge on any atom is -0.192 e. The maximum absolute atomic E-state index is 2.64. The van der Waals surface area contributed by atoms with Gasteiger partial charge in [-0.2, -0.15) is 4.57 Å². The van der Waals surface area contributed by atoms with E-state index in [0.717, 1.165) is 12.8 Å². The van der Waals surface area contributed by atoms with Crippen LogP contribution in [0.15, 0.2) is 140 Å². The average molecular weight is 627 g/mol. The van der Waals surface area contributed by atoms with Gasteiger partial charge in [-0.15, -0.1) is 0 Å². The van der Waals surface area contributed by atoms with E-state index in [9.17, 15) is 0 Å². The summed E-state index contributed by atoms with van der Waals surface area (Å²) in [5.41, 5.74) is 15.7. The number of rotatable bonds is 9. The Morgan fingerprint density at radius 1 is 0.542 bits per heavy atom. The van der Waals surface area contributed by atoms with E-state index in [-0.39, 0.29) is 5.54 Å². The normalized spacial score (nSPS) is 14.8. The molecule has 1 nitrogen and oxygen atoms in total. The van der Waals surface area contributed by atoms with Crippen molar-refractivity contribution in [3.8, 4) is 55.8 Å². The maximum atomic E-state index is 2.64. The van der Waals surface area contributed by atoms with Crippen molar-refractivity contribution in [3.63, 3.8) is 0 Å². The molecule has 1 unspecified atom stereocenters. The van der Waals surface area contributed by atoms with Crippen LogP contribution < -0.4 is 4.57 Å². The summed E-state index contributed by atoms with van der Waals surface area (Å²) in [6, 6.07) is 49.9. The van der Waals surface area contributed by atoms with Crippen LogP contribution in [0.3, 0.4) is 0 Å². The zero-order chi connectivity index (χ0) is 33.3. The molecule has 0 aliphatic carbocycles. The molecule has 0 radical (unpaired) electrons. The van der Waals surface area contributed by atoms with Crippen molar-refractivity contribution < 1.29 is 4.57 Å². The molecule has 48 heavy (non-hydrogen) atoms. The molecule has 1 atom stereocenters. The summed E-state index contributed by atoms with van der Waals surface area (Å²) in [6.07, 6.45) is 6.98. The van der Waals surface area contributed by atoms with Crippen LogP contribution in [-0.2, 0) is 5.54 Å². The second kappa shape index (κ2) is 13.4. The predicted molar refractivity (Wildman–Crippen MR) is 204 cm³/mol. The first-order valence-corrected chi connectivity index (χ1v) is 18.0. The zero-order valence-corrected chi connectivity index (χ0v) is 29.2. The molecule has 7 rings (SSSR count). The van der Waals surface area contributed by atoms with Crippen LogP contribution in [0.5, 0.6) is 0 Å². The summed E-state index contributed by atoms with van der Waals surface area (Å²) in [5, 5.41) is 0. The van der Waals surface area contributed by atoms with E-state index in [1.165, 1.54) is 79.7 Å². The van der Waals surface area contributed by atoms with Gasteiger partial charge in [0.05, 0.1) is 5.56 Å². The van der Waals surface area contributed by atoms with Crippen LogP contribution in [0.4, 0.5) is 0 Å². The van der Waals surface area contributed by atoms with Crippen LogP contribution in [0.1, 0.15) is 83.3 Å². The molecule has 0 saturated heterocycles. The fourth-order valence-electron chi connectivity index (χ4n) is 8.19. The molecule has 0 amide bonds. The molecule has 2 heterocycles. The average Bonchev–Trinajstić information content (AvgIpc) is 3.15. The number of benzene rings is 5. The van der Waals surface area contributed by atoms with E-state index < -0.39 is 0 Å². The van der Waals surface area contributed by atoms with E-state index in [1.54, 1.807) is 0 Å². The van der Waals surface area contributed by atoms with Crippen molar-refractivity contribution in [1.29, 1.82) is 0 Å². The van der Waals surface area contributed by atoms with E-state index in [4.69, 9.17) is 0 Å². The lowest BCUT2D eigenvalue weighted by Crippen LogP contribution is -2.62. The molecule has 0 saturated carbocycles. The first-order valence-electron chi connectivity index (χ1n) is 18.0. The monoisotopic (exact) mass is 626 g/mol. The number of fused-ring (bicyclic) bond motifs is 3. The molecule has 1 heteroatoms. The van der Waals surface area contributed by atoms with Crippen molar-refractivity contribution in [2.24, 2.45) is 0 Å². The first-order chi connectivity index (χ1) is 23.5. The van der Waals surface area contributed by atoms with Crippen molar-refractivity contribution in [3.05, 3.63) is 151 Å². The highest BCUT2D eigenvalue weighted by Gasteiger charge is 2.50. The van der Waals surface area contributed by atoms with Gasteiger partial charge in [-0.25, -0.2) is 0 Å². The molecule has 1 aromatic heterocycles. The highest BCUT2D eigenvalue weighted by Crippen LogP contribution is 2.48. The van der Waals surface area contributed by atoms with Crippen LogP contribution in [0.2, 0.25) is 0 Å². The molecule has 0 spiro atoms. The van der Waals surface area contributed by atoms with Crippen molar-refractivity contribution >= 4 is 0 Å². The number of pyridine rings is 1. The highest BCUT2D eigenvalue weighted by molar-refractivity contribution is 5.78. The molecule has 0 N–H and O–H groups in total. The van der Waals surface area contributed by atoms with Crippen molar-refractivity contribution in [2.75, 3.05) is 0 Å². The van der Waals surface area contributed by atoms with Crippen LogP contribution in [-0.4, -0.2) is 0 Å². The van der Waals surface area contributed by atoms with Gasteiger partial charge in [0.15, 0.2) is 11.7 Å². The van der Waals surface area contributed by atoms with Crippen LogP contribution in [0, 0.1) is 0 Å². The van der Waals surface area contributed by atoms with Gasteiger partial charge < -0.3 is 0 Å². The number of aromatic nitrogens is 1.